The van der Waals surface area contributed by atoms with Crippen LogP contribution in [0.3, 0.4) is 0 Å². The number of halogens is 1. The Labute approximate surface area is 117 Å². The maximum absolute atomic E-state index is 9.52. The van der Waals surface area contributed by atoms with Crippen LogP contribution in [0.25, 0.3) is 10.9 Å². The van der Waals surface area contributed by atoms with Gasteiger partial charge in [-0.1, -0.05) is 17.7 Å². The van der Waals surface area contributed by atoms with Crippen molar-refractivity contribution in [1.29, 1.82) is 5.26 Å². The lowest BCUT2D eigenvalue weighted by Crippen LogP contribution is -2.24. The van der Waals surface area contributed by atoms with E-state index in [4.69, 9.17) is 11.6 Å². The number of benzene rings is 1. The molecule has 1 aromatic carbocycles. The number of nitriles is 1. The Bertz CT molecular complexity index is 641. The van der Waals surface area contributed by atoms with Crippen LogP contribution in [-0.4, -0.2) is 23.0 Å². The molecule has 3 nitrogen and oxygen atoms in total. The molecule has 0 radical (unpaired) electrons. The molecule has 0 saturated carbocycles. The van der Waals surface area contributed by atoms with Crippen molar-refractivity contribution in [3.8, 4) is 6.07 Å². The Morgan fingerprint density at radius 2 is 2.05 bits per heavy atom. The number of aromatic nitrogens is 1. The lowest BCUT2D eigenvalue weighted by molar-refractivity contribution is 0.295. The van der Waals surface area contributed by atoms with Crippen LogP contribution in [-0.2, 0) is 0 Å². The van der Waals surface area contributed by atoms with E-state index in [0.717, 1.165) is 42.4 Å². The summed E-state index contributed by atoms with van der Waals surface area (Å²) in [6.07, 6.45) is 4.08. The molecule has 3 rings (SSSR count). The third-order valence-electron chi connectivity index (χ3n) is 3.67. The number of hydrogen-bond acceptors (Lipinski definition) is 3. The number of likely N-dealkylation sites (tertiary alicyclic amines) is 1. The van der Waals surface area contributed by atoms with E-state index in [-0.39, 0.29) is 6.04 Å². The van der Waals surface area contributed by atoms with Crippen LogP contribution < -0.4 is 0 Å². The van der Waals surface area contributed by atoms with E-state index in [1.165, 1.54) is 0 Å². The SMILES string of the molecule is N#CC(c1ccc(Cl)c2cccnc12)N1CCCC1. The molecule has 1 unspecified atom stereocenters. The molecule has 2 aromatic rings. The summed E-state index contributed by atoms with van der Waals surface area (Å²) >= 11 is 6.20. The van der Waals surface area contributed by atoms with E-state index in [1.807, 2.05) is 24.3 Å². The summed E-state index contributed by atoms with van der Waals surface area (Å²) in [7, 11) is 0. The first-order valence-electron chi connectivity index (χ1n) is 6.48. The number of rotatable bonds is 2. The molecule has 1 saturated heterocycles. The van der Waals surface area contributed by atoms with Gasteiger partial charge in [0.1, 0.15) is 6.04 Å². The van der Waals surface area contributed by atoms with Crippen LogP contribution in [0.2, 0.25) is 5.02 Å². The summed E-state index contributed by atoms with van der Waals surface area (Å²) < 4.78 is 0. The molecule has 0 spiro atoms. The van der Waals surface area contributed by atoms with Gasteiger partial charge in [-0.15, -0.1) is 0 Å². The van der Waals surface area contributed by atoms with Crippen molar-refractivity contribution < 1.29 is 0 Å². The predicted molar refractivity (Wildman–Crippen MR) is 75.9 cm³/mol. The molecular weight excluding hydrogens is 258 g/mol. The highest BCUT2D eigenvalue weighted by atomic mass is 35.5. The van der Waals surface area contributed by atoms with Gasteiger partial charge in [-0.2, -0.15) is 5.26 Å². The molecule has 1 fully saturated rings. The Kier molecular flexibility index (Phi) is 3.37. The van der Waals surface area contributed by atoms with Crippen LogP contribution in [0.5, 0.6) is 0 Å². The minimum atomic E-state index is -0.225. The zero-order chi connectivity index (χ0) is 13.2. The predicted octanol–water partition coefficient (Wildman–Crippen LogP) is 3.55. The van der Waals surface area contributed by atoms with Crippen molar-refractivity contribution >= 4 is 22.5 Å². The molecule has 0 bridgehead atoms. The van der Waals surface area contributed by atoms with E-state index in [0.29, 0.717) is 5.02 Å². The van der Waals surface area contributed by atoms with Gasteiger partial charge in [0.05, 0.1) is 11.6 Å². The number of pyridine rings is 1. The summed E-state index contributed by atoms with van der Waals surface area (Å²) in [6, 6.07) is 9.81. The van der Waals surface area contributed by atoms with E-state index >= 15 is 0 Å². The molecule has 2 heterocycles. The number of hydrogen-bond donors (Lipinski definition) is 0. The van der Waals surface area contributed by atoms with Gasteiger partial charge in [-0.25, -0.2) is 0 Å². The van der Waals surface area contributed by atoms with Crippen molar-refractivity contribution in [1.82, 2.24) is 9.88 Å². The molecule has 1 aliphatic heterocycles. The topological polar surface area (TPSA) is 39.9 Å². The van der Waals surface area contributed by atoms with E-state index in [9.17, 15) is 5.26 Å². The van der Waals surface area contributed by atoms with Crippen LogP contribution >= 0.6 is 11.6 Å². The molecule has 96 valence electrons. The van der Waals surface area contributed by atoms with Crippen LogP contribution in [0.15, 0.2) is 30.5 Å². The van der Waals surface area contributed by atoms with E-state index in [2.05, 4.69) is 16.0 Å². The second-order valence-corrected chi connectivity index (χ2v) is 5.22. The summed E-state index contributed by atoms with van der Waals surface area (Å²) in [5.41, 5.74) is 1.80. The van der Waals surface area contributed by atoms with Crippen molar-refractivity contribution in [3.63, 3.8) is 0 Å². The normalized spacial score (nSPS) is 17.5. The van der Waals surface area contributed by atoms with Crippen LogP contribution in [0.1, 0.15) is 24.4 Å². The second kappa shape index (κ2) is 5.16. The number of nitrogens with zero attached hydrogens (tertiary/aromatic N) is 3. The highest BCUT2D eigenvalue weighted by molar-refractivity contribution is 6.35. The zero-order valence-electron chi connectivity index (χ0n) is 10.5. The summed E-state index contributed by atoms with van der Waals surface area (Å²) in [5.74, 6) is 0. The third kappa shape index (κ3) is 2.18. The van der Waals surface area contributed by atoms with E-state index < -0.39 is 0 Å². The second-order valence-electron chi connectivity index (χ2n) is 4.81. The quantitative estimate of drug-likeness (QED) is 0.839. The van der Waals surface area contributed by atoms with Gasteiger partial charge in [0.15, 0.2) is 0 Å². The first kappa shape index (κ1) is 12.4. The minimum absolute atomic E-state index is 0.225. The van der Waals surface area contributed by atoms with Crippen molar-refractivity contribution in [3.05, 3.63) is 41.0 Å². The Morgan fingerprint density at radius 3 is 2.79 bits per heavy atom. The fourth-order valence-corrected chi connectivity index (χ4v) is 2.94. The Morgan fingerprint density at radius 1 is 1.26 bits per heavy atom. The molecule has 4 heteroatoms. The fraction of sp³-hybridized carbons (Fsp3) is 0.333. The average Bonchev–Trinajstić information content (AvgIpc) is 2.96. The molecule has 0 aliphatic carbocycles. The zero-order valence-corrected chi connectivity index (χ0v) is 11.3. The highest BCUT2D eigenvalue weighted by Crippen LogP contribution is 2.32. The van der Waals surface area contributed by atoms with Gasteiger partial charge < -0.3 is 0 Å². The van der Waals surface area contributed by atoms with Crippen molar-refractivity contribution in [2.45, 2.75) is 18.9 Å². The molecule has 1 aromatic heterocycles. The van der Waals surface area contributed by atoms with Gasteiger partial charge in [0.2, 0.25) is 0 Å². The van der Waals surface area contributed by atoms with Gasteiger partial charge in [-0.3, -0.25) is 9.88 Å². The highest BCUT2D eigenvalue weighted by Gasteiger charge is 2.25. The minimum Gasteiger partial charge on any atom is -0.284 e. The maximum Gasteiger partial charge on any atom is 0.125 e. The van der Waals surface area contributed by atoms with Crippen molar-refractivity contribution in [2.24, 2.45) is 0 Å². The molecule has 1 aliphatic rings. The fourth-order valence-electron chi connectivity index (χ4n) is 2.73. The van der Waals surface area contributed by atoms with Gasteiger partial charge in [0.25, 0.3) is 0 Å². The standard InChI is InChI=1S/C15H14ClN3/c16-13-6-5-12(15-11(13)4-3-7-18-15)14(10-17)19-8-1-2-9-19/h3-7,14H,1-2,8-9H2. The van der Waals surface area contributed by atoms with Gasteiger partial charge >= 0.3 is 0 Å². The van der Waals surface area contributed by atoms with Gasteiger partial charge in [-0.05, 0) is 44.1 Å². The third-order valence-corrected chi connectivity index (χ3v) is 4.00. The largest absolute Gasteiger partial charge is 0.284 e. The Hall–Kier alpha value is -1.63. The molecule has 0 amide bonds. The summed E-state index contributed by atoms with van der Waals surface area (Å²) in [5, 5.41) is 11.1. The molecular formula is C15H14ClN3. The monoisotopic (exact) mass is 271 g/mol. The van der Waals surface area contributed by atoms with E-state index in [1.54, 1.807) is 6.20 Å². The van der Waals surface area contributed by atoms with Crippen LogP contribution in [0, 0.1) is 11.3 Å². The van der Waals surface area contributed by atoms with Crippen LogP contribution in [0.4, 0.5) is 0 Å². The van der Waals surface area contributed by atoms with Crippen molar-refractivity contribution in [2.75, 3.05) is 13.1 Å². The molecule has 0 N–H and O–H groups in total. The lowest BCUT2D eigenvalue weighted by Gasteiger charge is -2.22. The van der Waals surface area contributed by atoms with Gasteiger partial charge in [0, 0.05) is 22.2 Å². The smallest absolute Gasteiger partial charge is 0.125 e. The summed E-state index contributed by atoms with van der Waals surface area (Å²) in [6.45, 7) is 1.96. The maximum atomic E-state index is 9.52. The number of fused-ring (bicyclic) bond motifs is 1. The molecule has 19 heavy (non-hydrogen) atoms. The lowest BCUT2D eigenvalue weighted by atomic mass is 10.0. The average molecular weight is 272 g/mol. The first-order valence-corrected chi connectivity index (χ1v) is 6.86. The molecule has 1 atom stereocenters. The summed E-state index contributed by atoms with van der Waals surface area (Å²) in [4.78, 5) is 6.64. The first-order chi connectivity index (χ1) is 9.31. The Balaban J connectivity index is 2.14.